The zero-order valence-corrected chi connectivity index (χ0v) is 17.1. The largest absolute Gasteiger partial charge is 0.396 e. The summed E-state index contributed by atoms with van der Waals surface area (Å²) in [6.07, 6.45) is 0.926. The summed E-state index contributed by atoms with van der Waals surface area (Å²) < 4.78 is 0. The molecule has 154 valence electrons. The predicted molar refractivity (Wildman–Crippen MR) is 109 cm³/mol. The summed E-state index contributed by atoms with van der Waals surface area (Å²) in [4.78, 5) is 26.5. The maximum Gasteiger partial charge on any atom is 0.267 e. The smallest absolute Gasteiger partial charge is 0.267 e. The zero-order valence-electron chi connectivity index (χ0n) is 17.1. The van der Waals surface area contributed by atoms with Crippen LogP contribution in [0.25, 0.3) is 0 Å². The normalized spacial score (nSPS) is 18.6. The van der Waals surface area contributed by atoms with Crippen LogP contribution in [-0.2, 0) is 4.79 Å². The standard InChI is InChI=1S/C22H27N3O4/c1-22(2,25(3)4)19(21(28)24-29)23-20(27)16-11-9-15(10-12-16)7-5-6-8-17-13-18(17)14-26/h9-12,17-19,26,29H,13-14H2,1-4H3,(H,23,27)(H,24,28)/t17?,18?,19-/m1/s1. The van der Waals surface area contributed by atoms with Crippen LogP contribution < -0.4 is 10.8 Å². The highest BCUT2D eigenvalue weighted by Crippen LogP contribution is 2.36. The molecule has 0 aromatic heterocycles. The van der Waals surface area contributed by atoms with Gasteiger partial charge >= 0.3 is 0 Å². The number of hydrogen-bond acceptors (Lipinski definition) is 5. The molecule has 0 bridgehead atoms. The molecule has 1 saturated carbocycles. The Hall–Kier alpha value is -2.84. The molecular formula is C22H27N3O4. The van der Waals surface area contributed by atoms with Crippen molar-refractivity contribution in [2.45, 2.75) is 31.8 Å². The fourth-order valence-corrected chi connectivity index (χ4v) is 2.66. The summed E-state index contributed by atoms with van der Waals surface area (Å²) in [5.74, 6) is 10.9. The van der Waals surface area contributed by atoms with E-state index >= 15 is 0 Å². The number of carbonyl (C=O) groups is 2. The van der Waals surface area contributed by atoms with Crippen molar-refractivity contribution < 1.29 is 19.9 Å². The number of hydroxylamine groups is 1. The van der Waals surface area contributed by atoms with Gasteiger partial charge < -0.3 is 15.3 Å². The van der Waals surface area contributed by atoms with Crippen molar-refractivity contribution in [3.8, 4) is 23.7 Å². The molecule has 1 aromatic carbocycles. The molecule has 1 aliphatic rings. The van der Waals surface area contributed by atoms with E-state index in [1.807, 2.05) is 0 Å². The lowest BCUT2D eigenvalue weighted by Crippen LogP contribution is -2.62. The van der Waals surface area contributed by atoms with Crippen molar-refractivity contribution in [3.63, 3.8) is 0 Å². The SMILES string of the molecule is CN(C)C(C)(C)[C@H](NC(=O)c1ccc(C#CC#CC2CC2CO)cc1)C(=O)NO. The van der Waals surface area contributed by atoms with Gasteiger partial charge in [0.15, 0.2) is 0 Å². The molecule has 2 unspecified atom stereocenters. The lowest BCUT2D eigenvalue weighted by atomic mass is 9.92. The highest BCUT2D eigenvalue weighted by Gasteiger charge is 2.38. The Balaban J connectivity index is 2.05. The molecule has 1 aliphatic carbocycles. The summed E-state index contributed by atoms with van der Waals surface area (Å²) in [5.41, 5.74) is 1.96. The first-order valence-electron chi connectivity index (χ1n) is 9.35. The van der Waals surface area contributed by atoms with Gasteiger partial charge in [0.05, 0.1) is 0 Å². The van der Waals surface area contributed by atoms with Crippen LogP contribution in [0.3, 0.4) is 0 Å². The summed E-state index contributed by atoms with van der Waals surface area (Å²) in [5, 5.41) is 20.7. The first kappa shape index (κ1) is 22.4. The van der Waals surface area contributed by atoms with Gasteiger partial charge in [0.1, 0.15) is 6.04 Å². The lowest BCUT2D eigenvalue weighted by molar-refractivity contribution is -0.134. The molecule has 0 saturated heterocycles. The number of nitrogens with zero attached hydrogens (tertiary/aromatic N) is 1. The molecule has 2 rings (SSSR count). The molecule has 0 aliphatic heterocycles. The van der Waals surface area contributed by atoms with E-state index in [0.717, 1.165) is 6.42 Å². The average molecular weight is 397 g/mol. The Kier molecular flexibility index (Phi) is 7.41. The van der Waals surface area contributed by atoms with Crippen LogP contribution in [0.4, 0.5) is 0 Å². The number of aliphatic hydroxyl groups is 1. The predicted octanol–water partition coefficient (Wildman–Crippen LogP) is 0.614. The summed E-state index contributed by atoms with van der Waals surface area (Å²) >= 11 is 0. The maximum absolute atomic E-state index is 12.6. The van der Waals surface area contributed by atoms with Gasteiger partial charge in [-0.2, -0.15) is 0 Å². The number of likely N-dealkylation sites (N-methyl/N-ethyl adjacent to an activating group) is 1. The number of aliphatic hydroxyl groups excluding tert-OH is 1. The van der Waals surface area contributed by atoms with Gasteiger partial charge in [-0.1, -0.05) is 11.8 Å². The molecule has 2 amide bonds. The number of carbonyl (C=O) groups excluding carboxylic acids is 2. The van der Waals surface area contributed by atoms with E-state index in [4.69, 9.17) is 10.3 Å². The van der Waals surface area contributed by atoms with Crippen LogP contribution in [0.2, 0.25) is 0 Å². The molecule has 1 aromatic rings. The van der Waals surface area contributed by atoms with Crippen LogP contribution in [0, 0.1) is 35.5 Å². The summed E-state index contributed by atoms with van der Waals surface area (Å²) in [6, 6.07) is 5.68. The quantitative estimate of drug-likeness (QED) is 0.320. The van der Waals surface area contributed by atoms with Crippen molar-refractivity contribution in [1.82, 2.24) is 15.7 Å². The zero-order chi connectivity index (χ0) is 21.6. The van der Waals surface area contributed by atoms with E-state index in [1.54, 1.807) is 62.6 Å². The summed E-state index contributed by atoms with van der Waals surface area (Å²) in [6.45, 7) is 3.75. The van der Waals surface area contributed by atoms with E-state index in [9.17, 15) is 9.59 Å². The van der Waals surface area contributed by atoms with Gasteiger partial charge in [-0.3, -0.25) is 14.8 Å². The Morgan fingerprint density at radius 1 is 1.24 bits per heavy atom. The minimum Gasteiger partial charge on any atom is -0.396 e. The van der Waals surface area contributed by atoms with E-state index in [-0.39, 0.29) is 18.4 Å². The van der Waals surface area contributed by atoms with Crippen molar-refractivity contribution in [3.05, 3.63) is 35.4 Å². The molecule has 4 N–H and O–H groups in total. The van der Waals surface area contributed by atoms with Gasteiger partial charge in [0, 0.05) is 29.2 Å². The molecule has 7 heteroatoms. The minimum absolute atomic E-state index is 0.169. The molecule has 3 atom stereocenters. The van der Waals surface area contributed by atoms with Crippen molar-refractivity contribution in [1.29, 1.82) is 0 Å². The van der Waals surface area contributed by atoms with Crippen LogP contribution >= 0.6 is 0 Å². The second-order valence-corrected chi connectivity index (χ2v) is 7.81. The fourth-order valence-electron chi connectivity index (χ4n) is 2.66. The molecule has 0 radical (unpaired) electrons. The molecule has 0 spiro atoms. The highest BCUT2D eigenvalue weighted by molar-refractivity contribution is 5.97. The van der Waals surface area contributed by atoms with Crippen LogP contribution in [0.5, 0.6) is 0 Å². The second-order valence-electron chi connectivity index (χ2n) is 7.81. The van der Waals surface area contributed by atoms with Gasteiger partial charge in [-0.15, -0.1) is 0 Å². The van der Waals surface area contributed by atoms with Crippen molar-refractivity contribution >= 4 is 11.8 Å². The molecule has 0 heterocycles. The third-order valence-corrected chi connectivity index (χ3v) is 5.34. The first-order valence-corrected chi connectivity index (χ1v) is 9.35. The van der Waals surface area contributed by atoms with Gasteiger partial charge in [-0.05, 0) is 76.4 Å². The van der Waals surface area contributed by atoms with Crippen LogP contribution in [0.1, 0.15) is 36.2 Å². The van der Waals surface area contributed by atoms with Crippen LogP contribution in [0.15, 0.2) is 24.3 Å². The van der Waals surface area contributed by atoms with E-state index in [2.05, 4.69) is 29.0 Å². The number of hydrogen-bond donors (Lipinski definition) is 4. The monoisotopic (exact) mass is 397 g/mol. The minimum atomic E-state index is -0.963. The Morgan fingerprint density at radius 2 is 1.90 bits per heavy atom. The number of benzene rings is 1. The highest BCUT2D eigenvalue weighted by atomic mass is 16.5. The van der Waals surface area contributed by atoms with E-state index < -0.39 is 23.4 Å². The fraction of sp³-hybridized carbons (Fsp3) is 0.455. The molecule has 7 nitrogen and oxygen atoms in total. The summed E-state index contributed by atoms with van der Waals surface area (Å²) in [7, 11) is 3.57. The van der Waals surface area contributed by atoms with Crippen molar-refractivity contribution in [2.75, 3.05) is 20.7 Å². The van der Waals surface area contributed by atoms with Crippen molar-refractivity contribution in [2.24, 2.45) is 11.8 Å². The lowest BCUT2D eigenvalue weighted by Gasteiger charge is -2.38. The molecule has 1 fully saturated rings. The third-order valence-electron chi connectivity index (χ3n) is 5.34. The number of nitrogens with one attached hydrogen (secondary N) is 2. The Bertz CT molecular complexity index is 869. The maximum atomic E-state index is 12.6. The third kappa shape index (κ3) is 5.82. The average Bonchev–Trinajstić information content (AvgIpc) is 3.47. The molecule has 29 heavy (non-hydrogen) atoms. The van der Waals surface area contributed by atoms with Crippen LogP contribution in [-0.4, -0.2) is 59.3 Å². The first-order chi connectivity index (χ1) is 13.7. The Morgan fingerprint density at radius 3 is 2.41 bits per heavy atom. The molecular weight excluding hydrogens is 370 g/mol. The van der Waals surface area contributed by atoms with E-state index in [0.29, 0.717) is 11.1 Å². The second kappa shape index (κ2) is 9.58. The topological polar surface area (TPSA) is 102 Å². The number of rotatable bonds is 6. The van der Waals surface area contributed by atoms with E-state index in [1.165, 1.54) is 0 Å². The van der Waals surface area contributed by atoms with Gasteiger partial charge in [-0.25, -0.2) is 5.48 Å². The number of amides is 2. The van der Waals surface area contributed by atoms with Gasteiger partial charge in [0.2, 0.25) is 0 Å². The van der Waals surface area contributed by atoms with Gasteiger partial charge in [0.25, 0.3) is 11.8 Å². The Labute approximate surface area is 171 Å².